The Morgan fingerprint density at radius 3 is 2.09 bits per heavy atom. The van der Waals surface area contributed by atoms with Gasteiger partial charge in [-0.25, -0.2) is 0 Å². The first-order valence-corrected chi connectivity index (χ1v) is 14.0. The van der Waals surface area contributed by atoms with Crippen LogP contribution in [-0.2, 0) is 0 Å². The highest BCUT2D eigenvalue weighted by molar-refractivity contribution is 5.35. The van der Waals surface area contributed by atoms with Gasteiger partial charge in [0.2, 0.25) is 0 Å². The van der Waals surface area contributed by atoms with Gasteiger partial charge >= 0.3 is 0 Å². The zero-order chi connectivity index (χ0) is 25.1. The van der Waals surface area contributed by atoms with Crippen molar-refractivity contribution in [3.05, 3.63) is 11.6 Å². The molecule has 0 aromatic heterocycles. The lowest BCUT2D eigenvalue weighted by Crippen LogP contribution is -2.69. The number of rotatable bonds is 1. The molecule has 194 valence electrons. The fourth-order valence-electron chi connectivity index (χ4n) is 10.9. The molecule has 0 heterocycles. The van der Waals surface area contributed by atoms with E-state index >= 15 is 0 Å². The van der Waals surface area contributed by atoms with Crippen molar-refractivity contribution in [1.29, 1.82) is 0 Å². The van der Waals surface area contributed by atoms with Crippen LogP contribution >= 0.6 is 0 Å². The van der Waals surface area contributed by atoms with Crippen molar-refractivity contribution in [2.24, 2.45) is 50.2 Å². The summed E-state index contributed by atoms with van der Waals surface area (Å²) in [7, 11) is 0. The average molecular weight is 475 g/mol. The topological polar surface area (TPSA) is 80.9 Å². The molecule has 5 aliphatic carbocycles. The van der Waals surface area contributed by atoms with Crippen LogP contribution in [-0.4, -0.2) is 45.3 Å². The van der Waals surface area contributed by atoms with E-state index in [-0.39, 0.29) is 45.7 Å². The molecule has 0 bridgehead atoms. The largest absolute Gasteiger partial charge is 0.396 e. The van der Waals surface area contributed by atoms with Gasteiger partial charge in [0.1, 0.15) is 0 Å². The number of aliphatic hydroxyl groups is 4. The lowest BCUT2D eigenvalue weighted by atomic mass is 9.33. The van der Waals surface area contributed by atoms with Gasteiger partial charge in [-0.1, -0.05) is 60.1 Å². The molecule has 0 aromatic rings. The molecule has 4 heteroatoms. The summed E-state index contributed by atoms with van der Waals surface area (Å²) in [6.45, 7) is 16.2. The molecular weight excluding hydrogens is 424 g/mol. The first kappa shape index (κ1) is 25.2. The van der Waals surface area contributed by atoms with E-state index in [0.717, 1.165) is 38.5 Å². The molecule has 10 atom stereocenters. The summed E-state index contributed by atoms with van der Waals surface area (Å²) in [5, 5.41) is 44.6. The lowest BCUT2D eigenvalue weighted by Gasteiger charge is -2.72. The highest BCUT2D eigenvalue weighted by Gasteiger charge is 2.70. The van der Waals surface area contributed by atoms with E-state index in [1.165, 1.54) is 5.57 Å². The minimum atomic E-state index is -0.845. The Kier molecular flexibility index (Phi) is 5.44. The van der Waals surface area contributed by atoms with Crippen LogP contribution in [0.3, 0.4) is 0 Å². The van der Waals surface area contributed by atoms with Gasteiger partial charge in [-0.15, -0.1) is 0 Å². The van der Waals surface area contributed by atoms with Gasteiger partial charge in [-0.2, -0.15) is 0 Å². The molecule has 0 aliphatic heterocycles. The van der Waals surface area contributed by atoms with Crippen LogP contribution in [0.15, 0.2) is 11.6 Å². The van der Waals surface area contributed by atoms with Gasteiger partial charge in [-0.3, -0.25) is 0 Å². The van der Waals surface area contributed by atoms with Crippen LogP contribution < -0.4 is 0 Å². The fourth-order valence-corrected chi connectivity index (χ4v) is 10.9. The second kappa shape index (κ2) is 7.33. The number of hydrogen-bond donors (Lipinski definition) is 4. The summed E-state index contributed by atoms with van der Waals surface area (Å²) in [4.78, 5) is 0. The molecule has 0 spiro atoms. The molecule has 4 nitrogen and oxygen atoms in total. The third-order valence-corrected chi connectivity index (χ3v) is 13.1. The second-order valence-electron chi connectivity index (χ2n) is 15.3. The first-order valence-electron chi connectivity index (χ1n) is 14.0. The Balaban J connectivity index is 1.62. The van der Waals surface area contributed by atoms with Gasteiger partial charge in [0.15, 0.2) is 0 Å². The third kappa shape index (κ3) is 2.86. The van der Waals surface area contributed by atoms with Crippen molar-refractivity contribution in [2.75, 3.05) is 6.61 Å². The van der Waals surface area contributed by atoms with Crippen molar-refractivity contribution in [2.45, 2.75) is 118 Å². The standard InChI is InChI=1S/C30H50O4/c1-25(2)14-19-18-8-9-21-27(5)12-11-22(32)26(3,4)20(27)10-13-28(21,6)29(18,7)16-24(34)30(19,17-31)23(33)15-25/h8,19-24,31-34H,9-17H2,1-7H3/t19-,20?,21-,22+,23+,24-,27+,28-,29-,30-/m1/s1. The molecule has 0 amide bonds. The molecule has 0 saturated heterocycles. The Hall–Kier alpha value is -0.420. The van der Waals surface area contributed by atoms with Crippen LogP contribution in [0.5, 0.6) is 0 Å². The number of allylic oxidation sites excluding steroid dienone is 2. The van der Waals surface area contributed by atoms with Gasteiger partial charge in [-0.05, 0) is 96.2 Å². The summed E-state index contributed by atoms with van der Waals surface area (Å²) in [5.74, 6) is 1.02. The maximum absolute atomic E-state index is 11.7. The number of aliphatic hydroxyl groups excluding tert-OH is 4. The van der Waals surface area contributed by atoms with Gasteiger partial charge in [0.25, 0.3) is 0 Å². The molecule has 0 aromatic carbocycles. The van der Waals surface area contributed by atoms with E-state index < -0.39 is 17.6 Å². The molecular formula is C30H50O4. The Labute approximate surface area is 207 Å². The second-order valence-corrected chi connectivity index (χ2v) is 15.3. The van der Waals surface area contributed by atoms with E-state index in [2.05, 4.69) is 54.5 Å². The SMILES string of the molecule is CC1(C)C[C@@H]2C3=CC[C@@H]4[C@@]5(C)CC[C@H](O)C(C)(C)C5CC[C@@]4(C)[C@]3(C)C[C@@H](O)[C@@]2(CO)[C@@H](O)C1. The normalized spacial score (nSPS) is 55.8. The van der Waals surface area contributed by atoms with Crippen LogP contribution in [0.1, 0.15) is 99.8 Å². The van der Waals surface area contributed by atoms with Crippen LogP contribution in [0.25, 0.3) is 0 Å². The monoisotopic (exact) mass is 474 g/mol. The van der Waals surface area contributed by atoms with Crippen molar-refractivity contribution in [1.82, 2.24) is 0 Å². The van der Waals surface area contributed by atoms with Crippen molar-refractivity contribution in [3.8, 4) is 0 Å². The highest BCUT2D eigenvalue weighted by atomic mass is 16.3. The Bertz CT molecular complexity index is 877. The minimum absolute atomic E-state index is 0.0120. The molecule has 5 rings (SSSR count). The summed E-state index contributed by atoms with van der Waals surface area (Å²) >= 11 is 0. The Morgan fingerprint density at radius 2 is 1.44 bits per heavy atom. The molecule has 1 unspecified atom stereocenters. The Morgan fingerprint density at radius 1 is 0.794 bits per heavy atom. The molecule has 4 fully saturated rings. The maximum Gasteiger partial charge on any atom is 0.0657 e. The summed E-state index contributed by atoms with van der Waals surface area (Å²) in [6.07, 6.45) is 8.23. The van der Waals surface area contributed by atoms with E-state index in [4.69, 9.17) is 0 Å². The minimum Gasteiger partial charge on any atom is -0.396 e. The predicted molar refractivity (Wildman–Crippen MR) is 135 cm³/mol. The predicted octanol–water partition coefficient (Wildman–Crippen LogP) is 5.08. The van der Waals surface area contributed by atoms with Gasteiger partial charge in [0, 0.05) is 0 Å². The van der Waals surface area contributed by atoms with E-state index in [1.54, 1.807) is 0 Å². The lowest BCUT2D eigenvalue weighted by molar-refractivity contribution is -0.235. The number of hydrogen-bond acceptors (Lipinski definition) is 4. The van der Waals surface area contributed by atoms with Crippen molar-refractivity contribution >= 4 is 0 Å². The fraction of sp³-hybridized carbons (Fsp3) is 0.933. The van der Waals surface area contributed by atoms with Crippen LogP contribution in [0.2, 0.25) is 0 Å². The third-order valence-electron chi connectivity index (χ3n) is 13.1. The highest BCUT2D eigenvalue weighted by Crippen LogP contribution is 2.75. The van der Waals surface area contributed by atoms with Gasteiger partial charge < -0.3 is 20.4 Å². The smallest absolute Gasteiger partial charge is 0.0657 e. The zero-order valence-electron chi connectivity index (χ0n) is 22.7. The quantitative estimate of drug-likeness (QED) is 0.399. The average Bonchev–Trinajstić information content (AvgIpc) is 2.71. The first-order chi connectivity index (χ1) is 15.6. The van der Waals surface area contributed by atoms with E-state index in [1.807, 2.05) is 0 Å². The van der Waals surface area contributed by atoms with Crippen molar-refractivity contribution < 1.29 is 20.4 Å². The summed E-state index contributed by atoms with van der Waals surface area (Å²) in [6, 6.07) is 0. The number of fused-ring (bicyclic) bond motifs is 7. The molecule has 34 heavy (non-hydrogen) atoms. The molecule has 0 radical (unpaired) electrons. The van der Waals surface area contributed by atoms with Crippen LogP contribution in [0.4, 0.5) is 0 Å². The van der Waals surface area contributed by atoms with Crippen molar-refractivity contribution in [3.63, 3.8) is 0 Å². The zero-order valence-corrected chi connectivity index (χ0v) is 22.7. The van der Waals surface area contributed by atoms with E-state index in [9.17, 15) is 20.4 Å². The molecule has 4 N–H and O–H groups in total. The van der Waals surface area contributed by atoms with Crippen LogP contribution in [0, 0.1) is 50.2 Å². The maximum atomic E-state index is 11.7. The molecule has 5 aliphatic rings. The van der Waals surface area contributed by atoms with E-state index in [0.29, 0.717) is 24.7 Å². The summed E-state index contributed by atoms with van der Waals surface area (Å²) in [5.41, 5.74) is 0.539. The van der Waals surface area contributed by atoms with Gasteiger partial charge in [0.05, 0.1) is 30.3 Å². The molecule has 4 saturated carbocycles. The summed E-state index contributed by atoms with van der Waals surface area (Å²) < 4.78 is 0.